The van der Waals surface area contributed by atoms with Crippen molar-refractivity contribution in [2.24, 2.45) is 5.73 Å². The van der Waals surface area contributed by atoms with E-state index in [0.717, 1.165) is 0 Å². The van der Waals surface area contributed by atoms with Gasteiger partial charge in [-0.1, -0.05) is 18.2 Å². The minimum absolute atomic E-state index is 0.170. The van der Waals surface area contributed by atoms with E-state index in [1.165, 1.54) is 0 Å². The minimum Gasteiger partial charge on any atom is -0.481 e. The van der Waals surface area contributed by atoms with Crippen LogP contribution in [0.3, 0.4) is 0 Å². The van der Waals surface area contributed by atoms with Crippen molar-refractivity contribution >= 4 is 46.5 Å². The van der Waals surface area contributed by atoms with E-state index in [1.807, 2.05) is 0 Å². The SMILES string of the molecule is NC(CO)C(=O)NC(CCC(=O)O)C(=O)NC(Cc1c[nH]c2ccccc12)C(=O)NC(CC(=O)O)C(=O)O. The smallest absolute Gasteiger partial charge is 0.326 e. The predicted octanol–water partition coefficient (Wildman–Crippen LogP) is -2.09. The number of carboxylic acids is 3. The normalized spacial score (nSPS) is 14.1. The number of aliphatic hydroxyl groups is 1. The largest absolute Gasteiger partial charge is 0.481 e. The molecule has 38 heavy (non-hydrogen) atoms. The topological polar surface area (TPSA) is 261 Å². The molecule has 1 aromatic heterocycles. The maximum atomic E-state index is 13.1. The summed E-state index contributed by atoms with van der Waals surface area (Å²) in [6, 6.07) is 0.904. The standard InChI is InChI=1S/C23H29N5O10/c24-13(10-29)20(34)26-15(5-6-18(30)31)21(35)27-16(22(36)28-17(23(37)38)8-19(32)33)7-11-9-25-14-4-2-1-3-12(11)14/h1-4,9,13,15-17,25,29H,5-8,10,24H2,(H,26,34)(H,27,35)(H,28,36)(H,30,31)(H,32,33)(H,37,38). The number of carbonyl (C=O) groups is 6. The molecule has 4 atom stereocenters. The Morgan fingerprint density at radius 1 is 0.842 bits per heavy atom. The molecule has 2 rings (SSSR count). The highest BCUT2D eigenvalue weighted by Crippen LogP contribution is 2.19. The number of carbonyl (C=O) groups excluding carboxylic acids is 3. The van der Waals surface area contributed by atoms with E-state index in [2.05, 4.69) is 20.9 Å². The van der Waals surface area contributed by atoms with Crippen molar-refractivity contribution < 1.29 is 49.2 Å². The zero-order valence-electron chi connectivity index (χ0n) is 20.0. The molecular weight excluding hydrogens is 506 g/mol. The number of para-hydroxylation sites is 1. The van der Waals surface area contributed by atoms with Crippen LogP contribution in [-0.2, 0) is 35.2 Å². The van der Waals surface area contributed by atoms with Gasteiger partial charge >= 0.3 is 17.9 Å². The third-order valence-corrected chi connectivity index (χ3v) is 5.54. The van der Waals surface area contributed by atoms with Crippen molar-refractivity contribution in [1.29, 1.82) is 0 Å². The van der Waals surface area contributed by atoms with Crippen LogP contribution < -0.4 is 21.7 Å². The Kier molecular flexibility index (Phi) is 10.7. The van der Waals surface area contributed by atoms with Crippen LogP contribution in [0.15, 0.2) is 30.5 Å². The fourth-order valence-electron chi connectivity index (χ4n) is 3.55. The van der Waals surface area contributed by atoms with E-state index >= 15 is 0 Å². The number of hydrogen-bond acceptors (Lipinski definition) is 8. The lowest BCUT2D eigenvalue weighted by Gasteiger charge is -2.24. The van der Waals surface area contributed by atoms with Crippen LogP contribution in [-0.4, -0.2) is 91.8 Å². The van der Waals surface area contributed by atoms with Crippen molar-refractivity contribution in [1.82, 2.24) is 20.9 Å². The third-order valence-electron chi connectivity index (χ3n) is 5.54. The van der Waals surface area contributed by atoms with Gasteiger partial charge in [0.15, 0.2) is 0 Å². The lowest BCUT2D eigenvalue weighted by molar-refractivity contribution is -0.147. The molecule has 15 nitrogen and oxygen atoms in total. The minimum atomic E-state index is -1.80. The second-order valence-corrected chi connectivity index (χ2v) is 8.40. The highest BCUT2D eigenvalue weighted by atomic mass is 16.4. The first-order valence-corrected chi connectivity index (χ1v) is 11.4. The molecule has 0 aliphatic rings. The molecule has 15 heteroatoms. The summed E-state index contributed by atoms with van der Waals surface area (Å²) in [4.78, 5) is 74.9. The molecule has 0 fully saturated rings. The second kappa shape index (κ2) is 13.7. The molecular formula is C23H29N5O10. The van der Waals surface area contributed by atoms with Crippen LogP contribution in [0, 0.1) is 0 Å². The zero-order valence-corrected chi connectivity index (χ0v) is 20.0. The van der Waals surface area contributed by atoms with Gasteiger partial charge in [-0.2, -0.15) is 0 Å². The molecule has 0 radical (unpaired) electrons. The quantitative estimate of drug-likeness (QED) is 0.119. The van der Waals surface area contributed by atoms with Crippen molar-refractivity contribution in [2.75, 3.05) is 6.61 Å². The molecule has 10 N–H and O–H groups in total. The van der Waals surface area contributed by atoms with E-state index < -0.39 is 79.2 Å². The van der Waals surface area contributed by atoms with E-state index in [4.69, 9.17) is 21.1 Å². The van der Waals surface area contributed by atoms with Crippen molar-refractivity contribution in [3.63, 3.8) is 0 Å². The lowest BCUT2D eigenvalue weighted by atomic mass is 10.0. The number of aliphatic carboxylic acids is 3. The molecule has 1 aromatic carbocycles. The van der Waals surface area contributed by atoms with Gasteiger partial charge in [-0.25, -0.2) is 4.79 Å². The number of rotatable bonds is 15. The number of aliphatic hydroxyl groups excluding tert-OH is 1. The molecule has 0 saturated carbocycles. The molecule has 2 aromatic rings. The number of carboxylic acid groups (broad SMARTS) is 3. The summed E-state index contributed by atoms with van der Waals surface area (Å²) in [7, 11) is 0. The summed E-state index contributed by atoms with van der Waals surface area (Å²) in [6.07, 6.45) is -0.441. The first-order valence-electron chi connectivity index (χ1n) is 11.4. The van der Waals surface area contributed by atoms with Crippen LogP contribution in [0.4, 0.5) is 0 Å². The molecule has 1 heterocycles. The Labute approximate surface area is 215 Å². The fourth-order valence-corrected chi connectivity index (χ4v) is 3.55. The number of hydrogen-bond donors (Lipinski definition) is 9. The van der Waals surface area contributed by atoms with Gasteiger partial charge in [0.1, 0.15) is 24.2 Å². The predicted molar refractivity (Wildman–Crippen MR) is 130 cm³/mol. The van der Waals surface area contributed by atoms with Gasteiger partial charge in [0.25, 0.3) is 0 Å². The van der Waals surface area contributed by atoms with Crippen LogP contribution in [0.25, 0.3) is 10.9 Å². The maximum Gasteiger partial charge on any atom is 0.326 e. The Hall–Kier alpha value is -4.50. The van der Waals surface area contributed by atoms with Crippen molar-refractivity contribution in [3.8, 4) is 0 Å². The molecule has 0 saturated heterocycles. The van der Waals surface area contributed by atoms with Gasteiger partial charge in [0.05, 0.1) is 13.0 Å². The first-order chi connectivity index (χ1) is 17.9. The second-order valence-electron chi connectivity index (χ2n) is 8.40. The number of aromatic amines is 1. The van der Waals surface area contributed by atoms with Gasteiger partial charge in [-0.15, -0.1) is 0 Å². The highest BCUT2D eigenvalue weighted by Gasteiger charge is 2.32. The van der Waals surface area contributed by atoms with Gasteiger partial charge in [-0.3, -0.25) is 24.0 Å². The summed E-state index contributed by atoms with van der Waals surface area (Å²) in [6.45, 7) is -0.745. The van der Waals surface area contributed by atoms with Gasteiger partial charge in [-0.05, 0) is 18.1 Å². The van der Waals surface area contributed by atoms with E-state index in [1.54, 1.807) is 30.5 Å². The zero-order chi connectivity index (χ0) is 28.4. The number of nitrogens with two attached hydrogens (primary N) is 1. The number of amides is 3. The van der Waals surface area contributed by atoms with Crippen LogP contribution in [0.5, 0.6) is 0 Å². The summed E-state index contributed by atoms with van der Waals surface area (Å²) in [5.41, 5.74) is 6.73. The van der Waals surface area contributed by atoms with Gasteiger partial charge in [0, 0.05) is 29.9 Å². The van der Waals surface area contributed by atoms with E-state index in [0.29, 0.717) is 16.5 Å². The summed E-state index contributed by atoms with van der Waals surface area (Å²) in [5.74, 6) is -7.30. The summed E-state index contributed by atoms with van der Waals surface area (Å²) >= 11 is 0. The third kappa shape index (κ3) is 8.56. The van der Waals surface area contributed by atoms with E-state index in [9.17, 15) is 33.9 Å². The monoisotopic (exact) mass is 535 g/mol. The molecule has 3 amide bonds. The summed E-state index contributed by atoms with van der Waals surface area (Å²) < 4.78 is 0. The molecule has 206 valence electrons. The Bertz CT molecular complexity index is 1200. The molecule has 4 unspecified atom stereocenters. The average Bonchev–Trinajstić information content (AvgIpc) is 3.27. The maximum absolute atomic E-state index is 13.1. The number of fused-ring (bicyclic) bond motifs is 1. The number of aromatic nitrogens is 1. The van der Waals surface area contributed by atoms with E-state index in [-0.39, 0.29) is 12.8 Å². The Morgan fingerprint density at radius 2 is 1.45 bits per heavy atom. The van der Waals surface area contributed by atoms with Crippen molar-refractivity contribution in [3.05, 3.63) is 36.0 Å². The van der Waals surface area contributed by atoms with Gasteiger partial charge < -0.3 is 47.1 Å². The first kappa shape index (κ1) is 29.7. The average molecular weight is 536 g/mol. The number of H-pyrrole nitrogens is 1. The highest BCUT2D eigenvalue weighted by molar-refractivity contribution is 5.95. The Balaban J connectivity index is 2.34. The lowest BCUT2D eigenvalue weighted by Crippen LogP contribution is -2.58. The molecule has 0 bridgehead atoms. The number of benzene rings is 1. The van der Waals surface area contributed by atoms with Crippen LogP contribution in [0.2, 0.25) is 0 Å². The van der Waals surface area contributed by atoms with Crippen molar-refractivity contribution in [2.45, 2.75) is 49.9 Å². The van der Waals surface area contributed by atoms with Gasteiger partial charge in [0.2, 0.25) is 17.7 Å². The Morgan fingerprint density at radius 3 is 2.05 bits per heavy atom. The molecule has 0 aliphatic carbocycles. The molecule has 0 spiro atoms. The van der Waals surface area contributed by atoms with Crippen LogP contribution >= 0.6 is 0 Å². The molecule has 0 aliphatic heterocycles. The number of nitrogens with one attached hydrogen (secondary N) is 4. The summed E-state index contributed by atoms with van der Waals surface area (Å²) in [5, 5.41) is 43.8. The fraction of sp³-hybridized carbons (Fsp3) is 0.391. The van der Waals surface area contributed by atoms with Crippen LogP contribution in [0.1, 0.15) is 24.8 Å².